The minimum absolute atomic E-state index is 0.0401. The Kier molecular flexibility index (Phi) is 18.5. The number of carbonyl (C=O) groups is 1. The molecule has 0 aliphatic carbocycles. The number of carboxylic acids is 1. The third-order valence-electron chi connectivity index (χ3n) is 9.49. The number of hydrogen-bond donors (Lipinski definition) is 9. The van der Waals surface area contributed by atoms with Crippen LogP contribution >= 0.6 is 24.1 Å². The predicted molar refractivity (Wildman–Crippen MR) is 260 cm³/mol. The number of fused-ring (bicyclic) bond motifs is 1. The quantitative estimate of drug-likeness (QED) is 0.00489. The molecule has 0 radical (unpaired) electrons. The summed E-state index contributed by atoms with van der Waals surface area (Å²) in [5, 5.41) is 60.3. The van der Waals surface area contributed by atoms with Crippen molar-refractivity contribution in [3.05, 3.63) is 103 Å². The molecule has 368 valence electrons. The summed E-state index contributed by atoms with van der Waals surface area (Å²) >= 11 is 1.32. The van der Waals surface area contributed by atoms with Gasteiger partial charge < -0.3 is 32.7 Å². The number of nitrogens with one attached hydrogen (secondary N) is 2. The fourth-order valence-corrected chi connectivity index (χ4v) is 8.79. The number of carboxylic acid groups (broad SMARTS) is 1. The third-order valence-corrected chi connectivity index (χ3v) is 13.0. The maximum Gasteiger partial charge on any atom is 0.303 e. The number of aromatic hydroxyl groups is 1. The van der Waals surface area contributed by atoms with E-state index in [1.54, 1.807) is 42.5 Å². The van der Waals surface area contributed by atoms with Crippen molar-refractivity contribution < 1.29 is 60.2 Å². The van der Waals surface area contributed by atoms with Gasteiger partial charge in [-0.05, 0) is 128 Å². The van der Waals surface area contributed by atoms with E-state index < -0.39 is 48.1 Å². The van der Waals surface area contributed by atoms with Gasteiger partial charge in [-0.25, -0.2) is 18.6 Å². The van der Waals surface area contributed by atoms with Crippen LogP contribution in [0.4, 0.5) is 56.9 Å². The van der Waals surface area contributed by atoms with E-state index in [1.807, 2.05) is 0 Å². The molecule has 0 amide bonds. The van der Waals surface area contributed by atoms with E-state index in [0.29, 0.717) is 58.3 Å². The lowest BCUT2D eigenvalue weighted by atomic mass is 10.1. The average molecular weight is 1040 g/mol. The zero-order valence-electron chi connectivity index (χ0n) is 36.3. The van der Waals surface area contributed by atoms with Gasteiger partial charge in [-0.2, -0.15) is 28.1 Å². The van der Waals surface area contributed by atoms with Gasteiger partial charge in [-0.15, -0.1) is 19.7 Å². The molecule has 0 saturated carbocycles. The van der Waals surface area contributed by atoms with Gasteiger partial charge in [0, 0.05) is 29.2 Å². The normalized spacial score (nSPS) is 12.2. The molecule has 0 spiro atoms. The number of nitrogen functional groups attached to an aromatic ring is 3. The molecule has 0 bridgehead atoms. The molecule has 6 rings (SSSR count). The van der Waals surface area contributed by atoms with Crippen molar-refractivity contribution in [2.75, 3.05) is 41.6 Å². The van der Waals surface area contributed by atoms with Gasteiger partial charge in [0.15, 0.2) is 5.75 Å². The van der Waals surface area contributed by atoms with Crippen molar-refractivity contribution in [3.63, 3.8) is 0 Å². The second kappa shape index (κ2) is 24.6. The van der Waals surface area contributed by atoms with E-state index in [0.717, 1.165) is 37.5 Å². The first-order valence-electron chi connectivity index (χ1n) is 20.4. The Morgan fingerprint density at radius 2 is 1.34 bits per heavy atom. The fraction of sp³-hybridized carbons (Fsp3) is 0.167. The highest BCUT2D eigenvalue weighted by Gasteiger charge is 2.26. The summed E-state index contributed by atoms with van der Waals surface area (Å²) in [5.74, 6) is -1.45. The van der Waals surface area contributed by atoms with Crippen molar-refractivity contribution in [2.45, 2.75) is 45.3 Å². The second-order valence-electron chi connectivity index (χ2n) is 14.5. The zero-order chi connectivity index (χ0) is 50.3. The van der Waals surface area contributed by atoms with Crippen LogP contribution in [0.2, 0.25) is 0 Å². The summed E-state index contributed by atoms with van der Waals surface area (Å²) in [6.45, 7) is 1.51. The molecule has 0 atom stereocenters. The molecule has 0 unspecified atom stereocenters. The van der Waals surface area contributed by atoms with E-state index in [4.69, 9.17) is 36.8 Å². The Balaban J connectivity index is 1.14. The molecule has 12 N–H and O–H groups in total. The van der Waals surface area contributed by atoms with Crippen LogP contribution in [0.3, 0.4) is 0 Å². The standard InChI is InChI=1S/C42H43N11O13S4/c43-26-5-18-34(33(44)24-26)50-47-27-6-8-30(9-7-27)53-69(58,59)32-16-12-29(13-17-32)49-52-41-36(70(60,61)62)23-25-22-35(68-66-64-57)40(42(56)38(25)39(41)45)51-48-28-10-14-31(15-11-28)67-65-63-21-20-46-19-3-1-2-4-37(54)55/h5-18,22-24,46,53,56-57H,1-4,19-21,43-45H2,(H,54,55)(H,60,61,62). The lowest BCUT2D eigenvalue weighted by Gasteiger charge is -2.14. The number of hydrogen-bond acceptors (Lipinski definition) is 23. The Bertz CT molecular complexity index is 3110. The van der Waals surface area contributed by atoms with Gasteiger partial charge in [0.2, 0.25) is 0 Å². The molecule has 0 heterocycles. The Hall–Kier alpha value is -6.83. The van der Waals surface area contributed by atoms with Crippen LogP contribution < -0.4 is 27.2 Å². The predicted octanol–water partition coefficient (Wildman–Crippen LogP) is 10.2. The topological polar surface area (TPSA) is 379 Å². The second-order valence-corrected chi connectivity index (χ2v) is 19.1. The highest BCUT2D eigenvalue weighted by Crippen LogP contribution is 2.49. The molecule has 0 fully saturated rings. The van der Waals surface area contributed by atoms with Crippen LogP contribution in [0.25, 0.3) is 10.8 Å². The Morgan fingerprint density at radius 1 is 0.700 bits per heavy atom. The van der Waals surface area contributed by atoms with Gasteiger partial charge in [-0.1, -0.05) is 11.5 Å². The number of azo groups is 3. The highest BCUT2D eigenvalue weighted by atomic mass is 32.2. The van der Waals surface area contributed by atoms with Crippen LogP contribution in [0.1, 0.15) is 25.7 Å². The van der Waals surface area contributed by atoms with E-state index in [-0.39, 0.29) is 50.7 Å². The number of phenols is 1. The summed E-state index contributed by atoms with van der Waals surface area (Å²) < 4.78 is 74.2. The number of anilines is 4. The summed E-state index contributed by atoms with van der Waals surface area (Å²) in [6.07, 6.45) is 2.43. The van der Waals surface area contributed by atoms with Crippen LogP contribution in [-0.2, 0) is 43.5 Å². The monoisotopic (exact) mass is 1040 g/mol. The number of phenolic OH excluding ortho intramolecular Hbond substituents is 1. The lowest BCUT2D eigenvalue weighted by molar-refractivity contribution is -0.432. The molecular weight excluding hydrogens is 995 g/mol. The average Bonchev–Trinajstić information content (AvgIpc) is 3.32. The number of nitrogens with zero attached hydrogens (tertiary/aromatic N) is 6. The molecule has 28 heteroatoms. The maximum atomic E-state index is 13.2. The van der Waals surface area contributed by atoms with Gasteiger partial charge in [0.05, 0.1) is 74.3 Å². The number of rotatable bonds is 25. The summed E-state index contributed by atoms with van der Waals surface area (Å²) in [6, 6.07) is 24.5. The number of unbranched alkanes of at least 4 members (excludes halogenated alkanes) is 2. The Morgan fingerprint density at radius 3 is 1.99 bits per heavy atom. The number of nitrogens with two attached hydrogens (primary N) is 3. The third kappa shape index (κ3) is 14.8. The van der Waals surface area contributed by atoms with E-state index in [9.17, 15) is 31.3 Å². The molecule has 0 aliphatic rings. The largest absolute Gasteiger partial charge is 0.505 e. The smallest absolute Gasteiger partial charge is 0.303 e. The van der Waals surface area contributed by atoms with E-state index >= 15 is 0 Å². The maximum absolute atomic E-state index is 13.2. The van der Waals surface area contributed by atoms with E-state index in [2.05, 4.69) is 50.1 Å². The number of aliphatic carboxylic acids is 1. The number of sulfonamides is 1. The van der Waals surface area contributed by atoms with Crippen molar-refractivity contribution in [2.24, 2.45) is 30.7 Å². The lowest BCUT2D eigenvalue weighted by Crippen LogP contribution is -2.20. The SMILES string of the molecule is Nc1ccc(N=Nc2ccc(NS(=O)(=O)c3ccc(N=Nc4c(S(=O)(=O)O)cc5cc(SOOO)c(N=Nc6ccc(SOOCCNCCCCCC(=O)O)cc6)c(O)c5c4N)cc3)cc2)c(N)c1. The van der Waals surface area contributed by atoms with Crippen LogP contribution in [0.15, 0.2) is 153 Å². The van der Waals surface area contributed by atoms with E-state index in [1.165, 1.54) is 54.6 Å². The van der Waals surface area contributed by atoms with Gasteiger partial charge >= 0.3 is 5.97 Å². The first-order valence-corrected chi connectivity index (χ1v) is 24.8. The number of benzene rings is 6. The Labute approximate surface area is 408 Å². The summed E-state index contributed by atoms with van der Waals surface area (Å²) in [7, 11) is -9.18. The molecule has 0 aromatic heterocycles. The first-order chi connectivity index (χ1) is 33.5. The minimum atomic E-state index is -5.05. The molecule has 6 aromatic carbocycles. The molecule has 70 heavy (non-hydrogen) atoms. The summed E-state index contributed by atoms with van der Waals surface area (Å²) in [4.78, 5) is 15.4. The fourth-order valence-electron chi connectivity index (χ4n) is 6.12. The van der Waals surface area contributed by atoms with Gasteiger partial charge in [0.25, 0.3) is 20.1 Å². The molecular formula is C42H43N11O13S4. The molecule has 0 saturated heterocycles. The molecule has 6 aromatic rings. The zero-order valence-corrected chi connectivity index (χ0v) is 39.5. The summed E-state index contributed by atoms with van der Waals surface area (Å²) in [5.41, 5.74) is 19.0. The van der Waals surface area contributed by atoms with Crippen molar-refractivity contribution >= 4 is 118 Å². The van der Waals surface area contributed by atoms with Crippen molar-refractivity contribution in [3.8, 4) is 5.75 Å². The molecule has 0 aliphatic heterocycles. The van der Waals surface area contributed by atoms with Crippen molar-refractivity contribution in [1.29, 1.82) is 0 Å². The highest BCUT2D eigenvalue weighted by molar-refractivity contribution is 7.95. The van der Waals surface area contributed by atoms with Crippen LogP contribution in [-0.4, -0.2) is 62.5 Å². The first kappa shape index (κ1) is 52.5. The van der Waals surface area contributed by atoms with Crippen LogP contribution in [0.5, 0.6) is 5.75 Å². The minimum Gasteiger partial charge on any atom is -0.505 e. The van der Waals surface area contributed by atoms with Crippen molar-refractivity contribution in [1.82, 2.24) is 5.32 Å². The van der Waals surface area contributed by atoms with Crippen LogP contribution in [0, 0.1) is 0 Å². The van der Waals surface area contributed by atoms with Gasteiger partial charge in [-0.3, -0.25) is 14.1 Å². The molecule has 24 nitrogen and oxygen atoms in total. The van der Waals surface area contributed by atoms with Gasteiger partial charge in [0.1, 0.15) is 22.0 Å².